The van der Waals surface area contributed by atoms with Gasteiger partial charge in [0, 0.05) is 12.8 Å². The summed E-state index contributed by atoms with van der Waals surface area (Å²) in [5.74, 6) is 2.55. The van der Waals surface area contributed by atoms with Crippen LogP contribution in [0.15, 0.2) is 48.8 Å². The minimum atomic E-state index is 0.616. The zero-order chi connectivity index (χ0) is 15.5. The van der Waals surface area contributed by atoms with E-state index in [1.54, 1.807) is 0 Å². The summed E-state index contributed by atoms with van der Waals surface area (Å²) in [6.07, 6.45) is 3.36. The van der Waals surface area contributed by atoms with Gasteiger partial charge in [-0.3, -0.25) is 5.10 Å². The predicted octanol–water partition coefficient (Wildman–Crippen LogP) is 3.03. The van der Waals surface area contributed by atoms with Crippen LogP contribution in [0.3, 0.4) is 0 Å². The molecule has 1 N–H and O–H groups in total. The number of fused-ring (bicyclic) bond motifs is 1. The fourth-order valence-electron chi connectivity index (χ4n) is 2.80. The van der Waals surface area contributed by atoms with Crippen molar-refractivity contribution < 1.29 is 9.47 Å². The Morgan fingerprint density at radius 1 is 1.17 bits per heavy atom. The van der Waals surface area contributed by atoms with Crippen LogP contribution in [0.4, 0.5) is 0 Å². The van der Waals surface area contributed by atoms with Gasteiger partial charge in [0.25, 0.3) is 0 Å². The van der Waals surface area contributed by atoms with Gasteiger partial charge < -0.3 is 9.47 Å². The number of rotatable bonds is 5. The molecule has 0 bridgehead atoms. The van der Waals surface area contributed by atoms with Gasteiger partial charge in [-0.1, -0.05) is 24.3 Å². The second-order valence-corrected chi connectivity index (χ2v) is 5.47. The van der Waals surface area contributed by atoms with Crippen molar-refractivity contribution in [1.29, 1.82) is 0 Å². The number of para-hydroxylation sites is 1. The first-order valence-electron chi connectivity index (χ1n) is 7.72. The molecule has 0 spiro atoms. The molecular weight excluding hydrogens is 290 g/mol. The molecule has 0 radical (unpaired) electrons. The van der Waals surface area contributed by atoms with E-state index in [4.69, 9.17) is 9.47 Å². The third kappa shape index (κ3) is 2.90. The first-order valence-corrected chi connectivity index (χ1v) is 7.72. The van der Waals surface area contributed by atoms with Gasteiger partial charge in [-0.25, -0.2) is 4.98 Å². The number of aromatic amines is 1. The molecule has 0 unspecified atom stereocenters. The van der Waals surface area contributed by atoms with Crippen LogP contribution < -0.4 is 9.47 Å². The van der Waals surface area contributed by atoms with Crippen molar-refractivity contribution in [3.63, 3.8) is 0 Å². The Balaban J connectivity index is 1.44. The van der Waals surface area contributed by atoms with Crippen LogP contribution in [0.5, 0.6) is 11.5 Å². The standard InChI is InChI=1S/C18H17N3O2/c1-2-4-17(15(3-1)18-19-12-20-21-18)23-9-7-13-5-6-16-14(11-13)8-10-22-16/h1-6,11-12H,7-10H2,(H,19,20,21). The average molecular weight is 307 g/mol. The van der Waals surface area contributed by atoms with Crippen LogP contribution in [-0.4, -0.2) is 28.4 Å². The maximum Gasteiger partial charge on any atom is 0.159 e. The predicted molar refractivity (Wildman–Crippen MR) is 86.7 cm³/mol. The highest BCUT2D eigenvalue weighted by Gasteiger charge is 2.12. The van der Waals surface area contributed by atoms with Crippen LogP contribution in [0.2, 0.25) is 0 Å². The summed E-state index contributed by atoms with van der Waals surface area (Å²) in [6.45, 7) is 1.41. The molecule has 5 heteroatoms. The molecule has 23 heavy (non-hydrogen) atoms. The quantitative estimate of drug-likeness (QED) is 0.787. The van der Waals surface area contributed by atoms with E-state index in [1.165, 1.54) is 17.5 Å². The molecule has 0 aliphatic carbocycles. The molecule has 3 aromatic rings. The van der Waals surface area contributed by atoms with Gasteiger partial charge in [0.05, 0.1) is 18.8 Å². The topological polar surface area (TPSA) is 60.0 Å². The van der Waals surface area contributed by atoms with Gasteiger partial charge in [-0.15, -0.1) is 0 Å². The molecule has 5 nitrogen and oxygen atoms in total. The molecule has 0 amide bonds. The number of nitrogens with zero attached hydrogens (tertiary/aromatic N) is 2. The first-order chi connectivity index (χ1) is 11.4. The molecule has 0 atom stereocenters. The maximum atomic E-state index is 5.97. The number of benzene rings is 2. The second-order valence-electron chi connectivity index (χ2n) is 5.47. The summed E-state index contributed by atoms with van der Waals surface area (Å²) in [5, 5.41) is 6.77. The van der Waals surface area contributed by atoms with E-state index < -0.39 is 0 Å². The molecule has 0 saturated carbocycles. The molecular formula is C18H17N3O2. The highest BCUT2D eigenvalue weighted by molar-refractivity contribution is 5.63. The average Bonchev–Trinajstić information content (AvgIpc) is 3.26. The van der Waals surface area contributed by atoms with Crippen molar-refractivity contribution in [1.82, 2.24) is 15.2 Å². The minimum Gasteiger partial charge on any atom is -0.493 e. The van der Waals surface area contributed by atoms with E-state index in [1.807, 2.05) is 24.3 Å². The highest BCUT2D eigenvalue weighted by atomic mass is 16.5. The van der Waals surface area contributed by atoms with Crippen LogP contribution in [0, 0.1) is 0 Å². The Morgan fingerprint density at radius 2 is 2.13 bits per heavy atom. The minimum absolute atomic E-state index is 0.616. The number of ether oxygens (including phenoxy) is 2. The zero-order valence-electron chi connectivity index (χ0n) is 12.7. The summed E-state index contributed by atoms with van der Waals surface area (Å²) in [6, 6.07) is 14.2. The fraction of sp³-hybridized carbons (Fsp3) is 0.222. The molecule has 0 saturated heterocycles. The largest absolute Gasteiger partial charge is 0.493 e. The smallest absolute Gasteiger partial charge is 0.159 e. The number of nitrogens with one attached hydrogen (secondary N) is 1. The Labute approximate surface area is 134 Å². The SMILES string of the molecule is c1ccc(-c2ncn[nH]2)c(OCCc2ccc3c(c2)CCO3)c1. The third-order valence-electron chi connectivity index (χ3n) is 3.96. The van der Waals surface area contributed by atoms with Crippen molar-refractivity contribution in [3.8, 4) is 22.9 Å². The van der Waals surface area contributed by atoms with Gasteiger partial charge >= 0.3 is 0 Å². The van der Waals surface area contributed by atoms with Crippen molar-refractivity contribution in [2.75, 3.05) is 13.2 Å². The summed E-state index contributed by atoms with van der Waals surface area (Å²) < 4.78 is 11.5. The maximum absolute atomic E-state index is 5.97. The van der Waals surface area contributed by atoms with Crippen molar-refractivity contribution in [3.05, 3.63) is 59.9 Å². The van der Waals surface area contributed by atoms with Crippen molar-refractivity contribution in [2.24, 2.45) is 0 Å². The Hall–Kier alpha value is -2.82. The molecule has 2 heterocycles. The number of hydrogen-bond acceptors (Lipinski definition) is 4. The van der Waals surface area contributed by atoms with E-state index in [-0.39, 0.29) is 0 Å². The Kier molecular flexibility index (Phi) is 3.68. The molecule has 4 rings (SSSR count). The number of hydrogen-bond donors (Lipinski definition) is 1. The van der Waals surface area contributed by atoms with Crippen LogP contribution in [-0.2, 0) is 12.8 Å². The molecule has 0 fully saturated rings. The van der Waals surface area contributed by atoms with E-state index in [9.17, 15) is 0 Å². The molecule has 1 aliphatic heterocycles. The van der Waals surface area contributed by atoms with Crippen molar-refractivity contribution >= 4 is 0 Å². The Morgan fingerprint density at radius 3 is 3.04 bits per heavy atom. The van der Waals surface area contributed by atoms with E-state index in [2.05, 4.69) is 33.4 Å². The summed E-state index contributed by atoms with van der Waals surface area (Å²) >= 11 is 0. The van der Waals surface area contributed by atoms with Crippen LogP contribution in [0.1, 0.15) is 11.1 Å². The fourth-order valence-corrected chi connectivity index (χ4v) is 2.80. The Bertz CT molecular complexity index is 800. The molecule has 1 aromatic heterocycles. The van der Waals surface area contributed by atoms with Crippen molar-refractivity contribution in [2.45, 2.75) is 12.8 Å². The lowest BCUT2D eigenvalue weighted by molar-refractivity contribution is 0.323. The molecule has 116 valence electrons. The first kappa shape index (κ1) is 13.8. The van der Waals surface area contributed by atoms with E-state index >= 15 is 0 Å². The highest BCUT2D eigenvalue weighted by Crippen LogP contribution is 2.28. The lowest BCUT2D eigenvalue weighted by Gasteiger charge is -2.10. The lowest BCUT2D eigenvalue weighted by atomic mass is 10.1. The molecule has 2 aromatic carbocycles. The molecule has 1 aliphatic rings. The zero-order valence-corrected chi connectivity index (χ0v) is 12.7. The third-order valence-corrected chi connectivity index (χ3v) is 3.96. The van der Waals surface area contributed by atoms with Gasteiger partial charge in [0.1, 0.15) is 17.8 Å². The normalized spacial score (nSPS) is 12.7. The van der Waals surface area contributed by atoms with Gasteiger partial charge in [0.2, 0.25) is 0 Å². The van der Waals surface area contributed by atoms with Gasteiger partial charge in [0.15, 0.2) is 5.82 Å². The summed E-state index contributed by atoms with van der Waals surface area (Å²) in [4.78, 5) is 4.19. The van der Waals surface area contributed by atoms with Gasteiger partial charge in [-0.2, -0.15) is 5.10 Å². The number of H-pyrrole nitrogens is 1. The van der Waals surface area contributed by atoms with E-state index in [0.717, 1.165) is 42.3 Å². The summed E-state index contributed by atoms with van der Waals surface area (Å²) in [7, 11) is 0. The monoisotopic (exact) mass is 307 g/mol. The second kappa shape index (κ2) is 6.12. The summed E-state index contributed by atoms with van der Waals surface area (Å²) in [5.41, 5.74) is 3.49. The number of aromatic nitrogens is 3. The lowest BCUT2D eigenvalue weighted by Crippen LogP contribution is -2.03. The van der Waals surface area contributed by atoms with Crippen LogP contribution in [0.25, 0.3) is 11.4 Å². The van der Waals surface area contributed by atoms with Crippen LogP contribution >= 0.6 is 0 Å². The van der Waals surface area contributed by atoms with E-state index in [0.29, 0.717) is 6.61 Å². The van der Waals surface area contributed by atoms with Gasteiger partial charge in [-0.05, 0) is 29.3 Å².